The molecule has 2 saturated heterocycles. The number of nitrogens with zero attached hydrogens (tertiary/aromatic N) is 3. The highest BCUT2D eigenvalue weighted by Crippen LogP contribution is 2.36. The Balaban J connectivity index is 1.23. The topological polar surface area (TPSA) is 66.8 Å². The molecule has 1 aromatic heterocycles. The third-order valence-electron chi connectivity index (χ3n) is 7.79. The summed E-state index contributed by atoms with van der Waals surface area (Å²) in [6.45, 7) is 5.99. The third kappa shape index (κ3) is 5.04. The molecule has 3 aliphatic heterocycles. The summed E-state index contributed by atoms with van der Waals surface area (Å²) in [7, 11) is 0. The molecule has 0 unspecified atom stereocenters. The Bertz CT molecular complexity index is 1350. The number of carbonyl (C=O) groups is 1. The smallest absolute Gasteiger partial charge is 0.321 e. The fraction of sp³-hybridized carbons (Fsp3) is 0.379. The first-order valence-corrected chi connectivity index (χ1v) is 13.4. The van der Waals surface area contributed by atoms with E-state index in [-0.39, 0.29) is 23.4 Å². The van der Waals surface area contributed by atoms with Gasteiger partial charge in [0.25, 0.3) is 5.56 Å². The second kappa shape index (κ2) is 10.3. The number of halogens is 1. The summed E-state index contributed by atoms with van der Waals surface area (Å²) in [5, 5.41) is 3.62. The molecule has 0 aliphatic carbocycles. The number of carbonyl (C=O) groups excluding carboxylic acids is 1. The summed E-state index contributed by atoms with van der Waals surface area (Å²) >= 11 is 5.97. The SMILES string of the molecule is O=C(Nc1ccc(Cl)cc1)N1C[C@H]2C[C@H](C1)c1ccc(-c3ccccc3CN3CCOCC3)c(=O)n1C2. The molecule has 0 spiro atoms. The van der Waals surface area contributed by atoms with Gasteiger partial charge in [-0.1, -0.05) is 35.9 Å². The number of anilines is 1. The molecule has 2 bridgehead atoms. The normalized spacial score (nSPS) is 21.4. The number of nitrogens with one attached hydrogen (secondary N) is 1. The van der Waals surface area contributed by atoms with Gasteiger partial charge in [0.15, 0.2) is 0 Å². The van der Waals surface area contributed by atoms with Crippen LogP contribution in [0.5, 0.6) is 0 Å². The van der Waals surface area contributed by atoms with Crippen molar-refractivity contribution < 1.29 is 9.53 Å². The van der Waals surface area contributed by atoms with Gasteiger partial charge in [0.1, 0.15) is 0 Å². The number of benzene rings is 2. The van der Waals surface area contributed by atoms with Crippen LogP contribution < -0.4 is 10.9 Å². The van der Waals surface area contributed by atoms with Gasteiger partial charge in [-0.2, -0.15) is 0 Å². The number of piperidine rings is 1. The fourth-order valence-electron chi connectivity index (χ4n) is 5.97. The zero-order valence-corrected chi connectivity index (χ0v) is 21.5. The average molecular weight is 519 g/mol. The third-order valence-corrected chi connectivity index (χ3v) is 8.04. The fourth-order valence-corrected chi connectivity index (χ4v) is 6.10. The van der Waals surface area contributed by atoms with E-state index in [1.807, 2.05) is 27.7 Å². The van der Waals surface area contributed by atoms with Crippen LogP contribution in [0.3, 0.4) is 0 Å². The standard InChI is InChI=1S/C29H31ClN4O3/c30-23-5-7-24(8-6-23)31-29(36)33-16-20-15-22(19-33)27-10-9-26(28(35)34(27)17-20)25-4-2-1-3-21(25)18-32-11-13-37-14-12-32/h1-10,20,22H,11-19H2,(H,31,36)/t20-,22-/m1/s1. The lowest BCUT2D eigenvalue weighted by molar-refractivity contribution is 0.0342. The summed E-state index contributed by atoms with van der Waals surface area (Å²) in [6.07, 6.45) is 0.997. The highest BCUT2D eigenvalue weighted by atomic mass is 35.5. The maximum absolute atomic E-state index is 13.8. The lowest BCUT2D eigenvalue weighted by atomic mass is 9.83. The molecule has 7 nitrogen and oxygen atoms in total. The van der Waals surface area contributed by atoms with Gasteiger partial charge in [-0.3, -0.25) is 9.69 Å². The van der Waals surface area contributed by atoms with Crippen molar-refractivity contribution in [3.05, 3.63) is 87.3 Å². The maximum Gasteiger partial charge on any atom is 0.321 e. The molecule has 1 N–H and O–H groups in total. The molecule has 37 heavy (non-hydrogen) atoms. The Labute approximate surface area is 221 Å². The van der Waals surface area contributed by atoms with E-state index in [1.165, 1.54) is 5.56 Å². The number of pyridine rings is 1. The van der Waals surface area contributed by atoms with Crippen molar-refractivity contribution in [3.8, 4) is 11.1 Å². The van der Waals surface area contributed by atoms with E-state index in [2.05, 4.69) is 28.4 Å². The number of hydrogen-bond acceptors (Lipinski definition) is 4. The van der Waals surface area contributed by atoms with Crippen molar-refractivity contribution >= 4 is 23.3 Å². The molecular weight excluding hydrogens is 488 g/mol. The van der Waals surface area contributed by atoms with Crippen molar-refractivity contribution in [2.24, 2.45) is 5.92 Å². The van der Waals surface area contributed by atoms with Gasteiger partial charge in [0.2, 0.25) is 0 Å². The Morgan fingerprint density at radius 1 is 0.946 bits per heavy atom. The predicted octanol–water partition coefficient (Wildman–Crippen LogP) is 4.65. The molecule has 2 atom stereocenters. The summed E-state index contributed by atoms with van der Waals surface area (Å²) < 4.78 is 7.46. The Kier molecular flexibility index (Phi) is 6.76. The number of morpholine rings is 1. The Morgan fingerprint density at radius 2 is 1.73 bits per heavy atom. The van der Waals surface area contributed by atoms with Crippen molar-refractivity contribution in [1.82, 2.24) is 14.4 Å². The average Bonchev–Trinajstić information content (AvgIpc) is 2.91. The van der Waals surface area contributed by atoms with Gasteiger partial charge in [0, 0.05) is 67.2 Å². The number of rotatable bonds is 4. The molecule has 2 fully saturated rings. The largest absolute Gasteiger partial charge is 0.379 e. The van der Waals surface area contributed by atoms with Gasteiger partial charge < -0.3 is 19.5 Å². The molecule has 6 rings (SSSR count). The van der Waals surface area contributed by atoms with E-state index in [4.69, 9.17) is 16.3 Å². The predicted molar refractivity (Wildman–Crippen MR) is 145 cm³/mol. The van der Waals surface area contributed by atoms with Crippen LogP contribution in [-0.2, 0) is 17.8 Å². The van der Waals surface area contributed by atoms with Crippen molar-refractivity contribution in [2.75, 3.05) is 44.7 Å². The van der Waals surface area contributed by atoms with Crippen LogP contribution >= 0.6 is 11.6 Å². The highest BCUT2D eigenvalue weighted by molar-refractivity contribution is 6.30. The number of urea groups is 1. The van der Waals surface area contributed by atoms with Gasteiger partial charge in [-0.25, -0.2) is 4.79 Å². The van der Waals surface area contributed by atoms with Gasteiger partial charge in [-0.15, -0.1) is 0 Å². The number of fused-ring (bicyclic) bond motifs is 4. The molecule has 8 heteroatoms. The van der Waals surface area contributed by atoms with E-state index in [0.717, 1.165) is 61.8 Å². The minimum Gasteiger partial charge on any atom is -0.379 e. The summed E-state index contributed by atoms with van der Waals surface area (Å²) in [6, 6.07) is 19.4. The van der Waals surface area contributed by atoms with Crippen molar-refractivity contribution in [3.63, 3.8) is 0 Å². The van der Waals surface area contributed by atoms with Crippen LogP contribution in [0.2, 0.25) is 5.02 Å². The molecule has 3 aliphatic rings. The number of ether oxygens (including phenoxy) is 1. The second-order valence-corrected chi connectivity index (χ2v) is 10.7. The zero-order valence-electron chi connectivity index (χ0n) is 20.7. The lowest BCUT2D eigenvalue weighted by Crippen LogP contribution is -2.50. The van der Waals surface area contributed by atoms with Gasteiger partial charge in [-0.05, 0) is 59.9 Å². The lowest BCUT2D eigenvalue weighted by Gasteiger charge is -2.42. The molecular formula is C29H31ClN4O3. The number of aromatic nitrogens is 1. The van der Waals surface area contributed by atoms with E-state index < -0.39 is 0 Å². The van der Waals surface area contributed by atoms with Crippen molar-refractivity contribution in [1.29, 1.82) is 0 Å². The number of amides is 2. The first-order valence-electron chi connectivity index (χ1n) is 13.0. The second-order valence-electron chi connectivity index (χ2n) is 10.3. The Hall–Kier alpha value is -3.13. The van der Waals surface area contributed by atoms with E-state index in [1.54, 1.807) is 24.3 Å². The van der Waals surface area contributed by atoms with E-state index in [0.29, 0.717) is 24.7 Å². The highest BCUT2D eigenvalue weighted by Gasteiger charge is 2.37. The van der Waals surface area contributed by atoms with Crippen LogP contribution in [0, 0.1) is 5.92 Å². The number of hydrogen-bond donors (Lipinski definition) is 1. The van der Waals surface area contributed by atoms with E-state index >= 15 is 0 Å². The molecule has 0 saturated carbocycles. The van der Waals surface area contributed by atoms with Crippen LogP contribution in [-0.4, -0.2) is 59.8 Å². The molecule has 0 radical (unpaired) electrons. The number of likely N-dealkylation sites (tertiary alicyclic amines) is 1. The van der Waals surface area contributed by atoms with Crippen LogP contribution in [0.25, 0.3) is 11.1 Å². The van der Waals surface area contributed by atoms with Gasteiger partial charge >= 0.3 is 6.03 Å². The van der Waals surface area contributed by atoms with Crippen LogP contribution in [0.15, 0.2) is 65.5 Å². The quantitative estimate of drug-likeness (QED) is 0.546. The van der Waals surface area contributed by atoms with Crippen LogP contribution in [0.1, 0.15) is 23.6 Å². The monoisotopic (exact) mass is 518 g/mol. The molecule has 2 amide bonds. The molecule has 2 aromatic carbocycles. The molecule has 192 valence electrons. The Morgan fingerprint density at radius 3 is 2.54 bits per heavy atom. The minimum absolute atomic E-state index is 0.0701. The summed E-state index contributed by atoms with van der Waals surface area (Å²) in [4.78, 5) is 31.1. The first kappa shape index (κ1) is 24.2. The molecule has 4 heterocycles. The first-order chi connectivity index (χ1) is 18.0. The van der Waals surface area contributed by atoms with E-state index in [9.17, 15) is 9.59 Å². The summed E-state index contributed by atoms with van der Waals surface area (Å²) in [5.74, 6) is 0.396. The minimum atomic E-state index is -0.110. The van der Waals surface area contributed by atoms with Crippen LogP contribution in [0.4, 0.5) is 10.5 Å². The molecule has 3 aromatic rings. The van der Waals surface area contributed by atoms with Crippen molar-refractivity contribution in [2.45, 2.75) is 25.4 Å². The summed E-state index contributed by atoms with van der Waals surface area (Å²) in [5.41, 5.74) is 4.75. The maximum atomic E-state index is 13.8. The van der Waals surface area contributed by atoms with Gasteiger partial charge in [0.05, 0.1) is 13.2 Å². The zero-order chi connectivity index (χ0) is 25.4.